The summed E-state index contributed by atoms with van der Waals surface area (Å²) in [4.78, 5) is 23.2. The van der Waals surface area contributed by atoms with E-state index < -0.39 is 0 Å². The van der Waals surface area contributed by atoms with Crippen LogP contribution in [0.25, 0.3) is 11.0 Å². The van der Waals surface area contributed by atoms with E-state index in [0.29, 0.717) is 19.0 Å². The number of methoxy groups -OCH3 is 1. The van der Waals surface area contributed by atoms with Crippen LogP contribution in [0.4, 0.5) is 0 Å². The van der Waals surface area contributed by atoms with Crippen LogP contribution in [0.1, 0.15) is 18.0 Å². The van der Waals surface area contributed by atoms with Gasteiger partial charge in [0, 0.05) is 37.3 Å². The maximum Gasteiger partial charge on any atom is 0.316 e. The van der Waals surface area contributed by atoms with Gasteiger partial charge in [-0.25, -0.2) is 4.98 Å². The fraction of sp³-hybridized carbons (Fsp3) is 0.417. The predicted octanol–water partition coefficient (Wildman–Crippen LogP) is 0.117. The Morgan fingerprint density at radius 1 is 1.42 bits per heavy atom. The van der Waals surface area contributed by atoms with Crippen LogP contribution in [-0.4, -0.2) is 41.1 Å². The first kappa shape index (κ1) is 11.9. The Morgan fingerprint density at radius 3 is 3.16 bits per heavy atom. The molecule has 1 aliphatic rings. The van der Waals surface area contributed by atoms with Gasteiger partial charge in [0.25, 0.3) is 0 Å². The molecule has 100 valence electrons. The highest BCUT2D eigenvalue weighted by Crippen LogP contribution is 2.26. The van der Waals surface area contributed by atoms with Gasteiger partial charge in [-0.2, -0.15) is 4.98 Å². The molecule has 0 aromatic carbocycles. The summed E-state index contributed by atoms with van der Waals surface area (Å²) in [6.45, 7) is 1.39. The van der Waals surface area contributed by atoms with Crippen LogP contribution in [-0.2, 0) is 4.79 Å². The average molecular weight is 261 g/mol. The highest BCUT2D eigenvalue weighted by atomic mass is 16.5. The number of ether oxygens (including phenoxy) is 1. The summed E-state index contributed by atoms with van der Waals surface area (Å²) < 4.78 is 5.04. The van der Waals surface area contributed by atoms with Crippen molar-refractivity contribution in [3.05, 3.63) is 18.0 Å². The van der Waals surface area contributed by atoms with Crippen LogP contribution in [0.3, 0.4) is 0 Å². The second-order valence-corrected chi connectivity index (χ2v) is 4.42. The lowest BCUT2D eigenvalue weighted by atomic mass is 10.1. The van der Waals surface area contributed by atoms with Gasteiger partial charge in [0.05, 0.1) is 24.3 Å². The first-order chi connectivity index (χ1) is 9.28. The number of hydrogen-bond acceptors (Lipinski definition) is 5. The fourth-order valence-corrected chi connectivity index (χ4v) is 2.28. The van der Waals surface area contributed by atoms with Gasteiger partial charge in [-0.15, -0.1) is 0 Å². The Morgan fingerprint density at radius 2 is 2.32 bits per heavy atom. The normalized spacial score (nSPS) is 20.1. The molecule has 1 aliphatic heterocycles. The summed E-state index contributed by atoms with van der Waals surface area (Å²) >= 11 is 0. The van der Waals surface area contributed by atoms with Crippen molar-refractivity contribution < 1.29 is 9.53 Å². The lowest BCUT2D eigenvalue weighted by molar-refractivity contribution is -0.121. The number of hydrogen-bond donors (Lipinski definition) is 3. The second kappa shape index (κ2) is 4.85. The number of nitrogens with zero attached hydrogens (tertiary/aromatic N) is 2. The third-order valence-corrected chi connectivity index (χ3v) is 3.21. The number of aromatic amines is 1. The van der Waals surface area contributed by atoms with Crippen LogP contribution < -0.4 is 15.4 Å². The molecule has 1 amide bonds. The number of aromatic nitrogens is 3. The maximum absolute atomic E-state index is 11.6. The minimum absolute atomic E-state index is 0.0455. The van der Waals surface area contributed by atoms with Gasteiger partial charge in [-0.1, -0.05) is 0 Å². The number of H-pyrrole nitrogens is 1. The lowest BCUT2D eigenvalue weighted by Gasteiger charge is -2.13. The molecule has 3 N–H and O–H groups in total. The molecule has 19 heavy (non-hydrogen) atoms. The standard InChI is InChI=1S/C12H15N5O2/c1-19-12-16-6-9-11(17-12)7(5-15-9)8-4-10(18)14-3-2-13-8/h5-6,8,13,15H,2-4H2,1H3,(H,14,18). The van der Waals surface area contributed by atoms with Crippen molar-refractivity contribution in [3.8, 4) is 6.01 Å². The van der Waals surface area contributed by atoms with Crippen molar-refractivity contribution in [2.24, 2.45) is 0 Å². The van der Waals surface area contributed by atoms with Crippen LogP contribution in [0.2, 0.25) is 0 Å². The Bertz CT molecular complexity index is 609. The number of nitrogens with one attached hydrogen (secondary N) is 3. The van der Waals surface area contributed by atoms with Crippen molar-refractivity contribution in [2.75, 3.05) is 20.2 Å². The van der Waals surface area contributed by atoms with E-state index in [9.17, 15) is 4.79 Å². The molecule has 3 heterocycles. The van der Waals surface area contributed by atoms with Gasteiger partial charge in [-0.3, -0.25) is 4.79 Å². The molecule has 1 atom stereocenters. The van der Waals surface area contributed by atoms with Crippen LogP contribution >= 0.6 is 0 Å². The van der Waals surface area contributed by atoms with Gasteiger partial charge in [0.1, 0.15) is 0 Å². The molecule has 2 aromatic rings. The van der Waals surface area contributed by atoms with Gasteiger partial charge < -0.3 is 20.4 Å². The smallest absolute Gasteiger partial charge is 0.316 e. The SMILES string of the molecule is COc1ncc2[nH]cc(C3CC(=O)NCCN3)c2n1. The van der Waals surface area contributed by atoms with E-state index in [4.69, 9.17) is 4.74 Å². The molecule has 2 aromatic heterocycles. The first-order valence-electron chi connectivity index (χ1n) is 6.16. The molecule has 3 rings (SSSR count). The molecule has 1 fully saturated rings. The fourth-order valence-electron chi connectivity index (χ4n) is 2.28. The molecule has 0 saturated carbocycles. The topological polar surface area (TPSA) is 91.9 Å². The quantitative estimate of drug-likeness (QED) is 0.714. The average Bonchev–Trinajstić information content (AvgIpc) is 2.73. The third kappa shape index (κ3) is 2.24. The summed E-state index contributed by atoms with van der Waals surface area (Å²) in [7, 11) is 1.53. The molecule has 1 saturated heterocycles. The van der Waals surface area contributed by atoms with Crippen molar-refractivity contribution in [2.45, 2.75) is 12.5 Å². The third-order valence-electron chi connectivity index (χ3n) is 3.21. The zero-order valence-electron chi connectivity index (χ0n) is 10.6. The zero-order chi connectivity index (χ0) is 13.2. The van der Waals surface area contributed by atoms with Crippen molar-refractivity contribution in [3.63, 3.8) is 0 Å². The van der Waals surface area contributed by atoms with Gasteiger partial charge in [-0.05, 0) is 0 Å². The summed E-state index contributed by atoms with van der Waals surface area (Å²) in [5.74, 6) is 0.0466. The molecule has 0 bridgehead atoms. The van der Waals surface area contributed by atoms with Crippen LogP contribution in [0.5, 0.6) is 6.01 Å². The molecular formula is C12H15N5O2. The maximum atomic E-state index is 11.6. The predicted molar refractivity (Wildman–Crippen MR) is 68.8 cm³/mol. The number of amides is 1. The number of fused-ring (bicyclic) bond motifs is 1. The highest BCUT2D eigenvalue weighted by Gasteiger charge is 2.22. The van der Waals surface area contributed by atoms with E-state index in [0.717, 1.165) is 23.1 Å². The molecular weight excluding hydrogens is 246 g/mol. The van der Waals surface area contributed by atoms with E-state index in [-0.39, 0.29) is 11.9 Å². The Kier molecular flexibility index (Phi) is 3.04. The number of carbonyl (C=O) groups is 1. The largest absolute Gasteiger partial charge is 0.467 e. The van der Waals surface area contributed by atoms with E-state index in [1.165, 1.54) is 7.11 Å². The lowest BCUT2D eigenvalue weighted by Crippen LogP contribution is -2.24. The van der Waals surface area contributed by atoms with Crippen molar-refractivity contribution in [1.82, 2.24) is 25.6 Å². The van der Waals surface area contributed by atoms with Gasteiger partial charge in [0.2, 0.25) is 5.91 Å². The summed E-state index contributed by atoms with van der Waals surface area (Å²) in [6.07, 6.45) is 3.95. The van der Waals surface area contributed by atoms with Crippen LogP contribution in [0, 0.1) is 0 Å². The van der Waals surface area contributed by atoms with Crippen molar-refractivity contribution >= 4 is 16.9 Å². The number of carbonyl (C=O) groups excluding carboxylic acids is 1. The Labute approximate surface area is 109 Å². The Balaban J connectivity index is 2.01. The van der Waals surface area contributed by atoms with Gasteiger partial charge >= 0.3 is 6.01 Å². The van der Waals surface area contributed by atoms with E-state index in [1.807, 2.05) is 6.20 Å². The molecule has 0 spiro atoms. The first-order valence-corrected chi connectivity index (χ1v) is 6.16. The summed E-state index contributed by atoms with van der Waals surface area (Å²) in [5.41, 5.74) is 2.59. The van der Waals surface area contributed by atoms with Crippen LogP contribution in [0.15, 0.2) is 12.4 Å². The molecule has 0 radical (unpaired) electrons. The summed E-state index contributed by atoms with van der Waals surface area (Å²) in [6, 6.07) is 0.280. The number of rotatable bonds is 2. The van der Waals surface area contributed by atoms with E-state index in [2.05, 4.69) is 25.6 Å². The monoisotopic (exact) mass is 261 g/mol. The van der Waals surface area contributed by atoms with Crippen molar-refractivity contribution in [1.29, 1.82) is 0 Å². The highest BCUT2D eigenvalue weighted by molar-refractivity contribution is 5.81. The van der Waals surface area contributed by atoms with Gasteiger partial charge in [0.15, 0.2) is 0 Å². The Hall–Kier alpha value is -2.15. The molecule has 7 heteroatoms. The summed E-state index contributed by atoms with van der Waals surface area (Å²) in [5, 5.41) is 6.18. The molecule has 7 nitrogen and oxygen atoms in total. The molecule has 1 unspecified atom stereocenters. The second-order valence-electron chi connectivity index (χ2n) is 4.42. The van der Waals surface area contributed by atoms with E-state index in [1.54, 1.807) is 6.20 Å². The molecule has 0 aliphatic carbocycles. The zero-order valence-corrected chi connectivity index (χ0v) is 10.6. The minimum atomic E-state index is -0.0455. The van der Waals surface area contributed by atoms with E-state index >= 15 is 0 Å². The minimum Gasteiger partial charge on any atom is -0.467 e.